The van der Waals surface area contributed by atoms with E-state index >= 15 is 0 Å². The van der Waals surface area contributed by atoms with E-state index in [9.17, 15) is 9.59 Å². The molecule has 2 aliphatic rings. The van der Waals surface area contributed by atoms with Gasteiger partial charge in [-0.1, -0.05) is 48.0 Å². The first-order valence-electron chi connectivity index (χ1n) is 13.1. The van der Waals surface area contributed by atoms with Gasteiger partial charge in [0.2, 0.25) is 11.7 Å². The number of methoxy groups -OCH3 is 3. The van der Waals surface area contributed by atoms with Crippen molar-refractivity contribution in [3.8, 4) is 17.2 Å². The molecule has 1 fully saturated rings. The number of amides is 2. The molecule has 0 aliphatic carbocycles. The summed E-state index contributed by atoms with van der Waals surface area (Å²) < 4.78 is 16.5. The zero-order valence-electron chi connectivity index (χ0n) is 22.8. The van der Waals surface area contributed by atoms with Gasteiger partial charge < -0.3 is 29.0 Å². The van der Waals surface area contributed by atoms with E-state index in [2.05, 4.69) is 11.1 Å². The predicted molar refractivity (Wildman–Crippen MR) is 152 cm³/mol. The number of carbonyl (C=O) groups excluding carboxylic acids is 2. The minimum atomic E-state index is -1.22. The fourth-order valence-electron chi connectivity index (χ4n) is 6.29. The highest BCUT2D eigenvalue weighted by Crippen LogP contribution is 2.49. The van der Waals surface area contributed by atoms with E-state index in [4.69, 9.17) is 25.8 Å². The molecule has 3 aromatic carbocycles. The van der Waals surface area contributed by atoms with Gasteiger partial charge in [-0.05, 0) is 47.9 Å². The van der Waals surface area contributed by atoms with Gasteiger partial charge >= 0.3 is 0 Å². The number of hydrogen-bond acceptors (Lipinski definition) is 5. The van der Waals surface area contributed by atoms with Crippen LogP contribution < -0.4 is 14.2 Å². The van der Waals surface area contributed by atoms with Crippen molar-refractivity contribution in [3.05, 3.63) is 88.1 Å². The fourth-order valence-corrected chi connectivity index (χ4v) is 6.56. The molecule has 206 valence electrons. The molecule has 1 aromatic heterocycles. The number of nitrogens with zero attached hydrogens (tertiary/aromatic N) is 2. The molecule has 4 aromatic rings. The van der Waals surface area contributed by atoms with Crippen LogP contribution in [0, 0.1) is 0 Å². The summed E-state index contributed by atoms with van der Waals surface area (Å²) in [7, 11) is 4.63. The SMILES string of the molecule is COc1cc(CN2CC(=O)N3CC(c4ccccc4Cl)c4c([nH]c5ccccc45)C3(C)C2=O)cc(OC)c1OC. The standard InChI is InChI=1S/C31H30ClN3O5/c1-31-29-27(20-10-6-8-12-23(20)33-29)21(19-9-5-7-11-22(19)32)16-35(31)26(36)17-34(30(31)37)15-18-13-24(38-2)28(40-4)25(14-18)39-3/h5-14,21,33H,15-17H2,1-4H3. The van der Waals surface area contributed by atoms with Crippen LogP contribution in [0.2, 0.25) is 5.02 Å². The van der Waals surface area contributed by atoms with Crippen molar-refractivity contribution in [1.82, 2.24) is 14.8 Å². The predicted octanol–water partition coefficient (Wildman–Crippen LogP) is 5.08. The number of para-hydroxylation sites is 1. The van der Waals surface area contributed by atoms with Crippen molar-refractivity contribution in [1.29, 1.82) is 0 Å². The van der Waals surface area contributed by atoms with E-state index in [-0.39, 0.29) is 30.8 Å². The Labute approximate surface area is 237 Å². The fraction of sp³-hybridized carbons (Fsp3) is 0.290. The highest BCUT2D eigenvalue weighted by atomic mass is 35.5. The molecule has 2 unspecified atom stereocenters. The van der Waals surface area contributed by atoms with Gasteiger partial charge in [0.15, 0.2) is 17.0 Å². The first-order chi connectivity index (χ1) is 19.3. The summed E-state index contributed by atoms with van der Waals surface area (Å²) in [6, 6.07) is 19.3. The summed E-state index contributed by atoms with van der Waals surface area (Å²) in [5.41, 5.74) is 3.10. The average molecular weight is 560 g/mol. The van der Waals surface area contributed by atoms with Gasteiger partial charge in [-0.15, -0.1) is 0 Å². The summed E-state index contributed by atoms with van der Waals surface area (Å²) in [5.74, 6) is 0.958. The normalized spacial score (nSPS) is 20.4. The van der Waals surface area contributed by atoms with E-state index in [0.717, 1.165) is 33.3 Å². The lowest BCUT2D eigenvalue weighted by Gasteiger charge is -2.51. The molecule has 40 heavy (non-hydrogen) atoms. The number of carbonyl (C=O) groups is 2. The van der Waals surface area contributed by atoms with E-state index in [0.29, 0.717) is 28.8 Å². The van der Waals surface area contributed by atoms with Gasteiger partial charge in [-0.2, -0.15) is 0 Å². The molecule has 2 amide bonds. The number of aromatic nitrogens is 1. The lowest BCUT2D eigenvalue weighted by atomic mass is 9.76. The molecule has 9 heteroatoms. The Kier molecular flexibility index (Phi) is 6.38. The Morgan fingerprint density at radius 3 is 2.33 bits per heavy atom. The maximum Gasteiger partial charge on any atom is 0.255 e. The Morgan fingerprint density at radius 2 is 1.65 bits per heavy atom. The van der Waals surface area contributed by atoms with Gasteiger partial charge in [0.05, 0.1) is 27.0 Å². The summed E-state index contributed by atoms with van der Waals surface area (Å²) in [4.78, 5) is 35.1. The molecular weight excluding hydrogens is 530 g/mol. The molecule has 0 bridgehead atoms. The molecule has 0 radical (unpaired) electrons. The zero-order valence-corrected chi connectivity index (χ0v) is 23.5. The number of H-pyrrole nitrogens is 1. The molecule has 2 aliphatic heterocycles. The minimum absolute atomic E-state index is 0.0457. The van der Waals surface area contributed by atoms with E-state index in [1.54, 1.807) is 43.3 Å². The van der Waals surface area contributed by atoms with Crippen LogP contribution in [-0.4, -0.2) is 61.0 Å². The quantitative estimate of drug-likeness (QED) is 0.356. The largest absolute Gasteiger partial charge is 0.493 e. The van der Waals surface area contributed by atoms with Gasteiger partial charge in [0, 0.05) is 34.9 Å². The van der Waals surface area contributed by atoms with Crippen molar-refractivity contribution >= 4 is 34.3 Å². The molecule has 3 heterocycles. The highest BCUT2D eigenvalue weighted by Gasteiger charge is 2.56. The van der Waals surface area contributed by atoms with Crippen LogP contribution in [0.4, 0.5) is 0 Å². The highest BCUT2D eigenvalue weighted by molar-refractivity contribution is 6.31. The van der Waals surface area contributed by atoms with E-state index < -0.39 is 5.54 Å². The number of piperazine rings is 1. The molecule has 2 atom stereocenters. The van der Waals surface area contributed by atoms with Crippen LogP contribution in [0.5, 0.6) is 17.2 Å². The van der Waals surface area contributed by atoms with Crippen LogP contribution in [0.25, 0.3) is 10.9 Å². The molecule has 1 saturated heterocycles. The number of aromatic amines is 1. The van der Waals surface area contributed by atoms with E-state index in [1.807, 2.05) is 49.4 Å². The van der Waals surface area contributed by atoms with Crippen LogP contribution >= 0.6 is 11.6 Å². The second kappa shape index (κ2) is 9.78. The Hall–Kier alpha value is -4.17. The molecule has 0 saturated carbocycles. The van der Waals surface area contributed by atoms with Crippen molar-refractivity contribution in [2.45, 2.75) is 24.9 Å². The molecule has 0 spiro atoms. The van der Waals surface area contributed by atoms with Crippen molar-refractivity contribution in [3.63, 3.8) is 0 Å². The van der Waals surface area contributed by atoms with E-state index in [1.165, 1.54) is 0 Å². The summed E-state index contributed by atoms with van der Waals surface area (Å²) in [5, 5.41) is 1.65. The van der Waals surface area contributed by atoms with Crippen molar-refractivity contribution in [2.75, 3.05) is 34.4 Å². The van der Waals surface area contributed by atoms with Gasteiger partial charge in [0.25, 0.3) is 5.91 Å². The number of fused-ring (bicyclic) bond motifs is 5. The lowest BCUT2D eigenvalue weighted by Crippen LogP contribution is -2.67. The lowest BCUT2D eigenvalue weighted by molar-refractivity contribution is -0.166. The Bertz CT molecular complexity index is 1620. The molecular formula is C31H30ClN3O5. The monoisotopic (exact) mass is 559 g/mol. The maximum absolute atomic E-state index is 14.4. The number of hydrogen-bond donors (Lipinski definition) is 1. The first kappa shape index (κ1) is 26.1. The third-order valence-electron chi connectivity index (χ3n) is 8.20. The van der Waals surface area contributed by atoms with Crippen molar-refractivity contribution < 1.29 is 23.8 Å². The average Bonchev–Trinajstić information content (AvgIpc) is 3.36. The van der Waals surface area contributed by atoms with Gasteiger partial charge in [-0.25, -0.2) is 0 Å². The zero-order chi connectivity index (χ0) is 28.2. The molecule has 6 rings (SSSR count). The topological polar surface area (TPSA) is 84.1 Å². The second-order valence-corrected chi connectivity index (χ2v) is 10.7. The molecule has 1 N–H and O–H groups in total. The number of nitrogens with one attached hydrogen (secondary N) is 1. The summed E-state index contributed by atoms with van der Waals surface area (Å²) >= 11 is 6.68. The Morgan fingerprint density at radius 1 is 0.975 bits per heavy atom. The second-order valence-electron chi connectivity index (χ2n) is 10.3. The summed E-state index contributed by atoms with van der Waals surface area (Å²) in [6.45, 7) is 2.34. The van der Waals surface area contributed by atoms with Crippen LogP contribution in [0.15, 0.2) is 60.7 Å². The van der Waals surface area contributed by atoms with Crippen LogP contribution in [0.3, 0.4) is 0 Å². The minimum Gasteiger partial charge on any atom is -0.493 e. The number of ether oxygens (including phenoxy) is 3. The number of benzene rings is 3. The van der Waals surface area contributed by atoms with Crippen LogP contribution in [0.1, 0.15) is 35.2 Å². The Balaban J connectivity index is 1.47. The maximum atomic E-state index is 14.4. The smallest absolute Gasteiger partial charge is 0.255 e. The van der Waals surface area contributed by atoms with Crippen LogP contribution in [-0.2, 0) is 21.7 Å². The molecule has 8 nitrogen and oxygen atoms in total. The van der Waals surface area contributed by atoms with Gasteiger partial charge in [-0.3, -0.25) is 9.59 Å². The van der Waals surface area contributed by atoms with Gasteiger partial charge in [0.1, 0.15) is 6.54 Å². The number of halogens is 1. The third-order valence-corrected chi connectivity index (χ3v) is 8.54. The van der Waals surface area contributed by atoms with Crippen molar-refractivity contribution in [2.24, 2.45) is 0 Å². The first-order valence-corrected chi connectivity index (χ1v) is 13.4. The summed E-state index contributed by atoms with van der Waals surface area (Å²) in [6.07, 6.45) is 0. The third kappa shape index (κ3) is 3.81. The number of rotatable bonds is 6.